The second kappa shape index (κ2) is 18.5. The van der Waals surface area contributed by atoms with Gasteiger partial charge in [-0.3, -0.25) is 0 Å². The fourth-order valence-electron chi connectivity index (χ4n) is 9.53. The molecule has 2 atom stereocenters. The van der Waals surface area contributed by atoms with Crippen molar-refractivity contribution in [3.63, 3.8) is 0 Å². The van der Waals surface area contributed by atoms with Crippen LogP contribution in [0, 0.1) is 12.3 Å². The van der Waals surface area contributed by atoms with Crippen molar-refractivity contribution in [2.24, 2.45) is 5.41 Å². The molecule has 3 nitrogen and oxygen atoms in total. The Morgan fingerprint density at radius 1 is 0.688 bits per heavy atom. The van der Waals surface area contributed by atoms with Gasteiger partial charge in [0.1, 0.15) is 0 Å². The second-order valence-corrected chi connectivity index (χ2v) is 19.9. The van der Waals surface area contributed by atoms with Gasteiger partial charge in [-0.1, -0.05) is 214 Å². The fraction of sp³-hybridized carbons (Fsp3) is 0.295. The molecule has 0 aliphatic heterocycles. The van der Waals surface area contributed by atoms with Gasteiger partial charge in [0.25, 0.3) is 0 Å². The molecule has 0 fully saturated rings. The Labute approximate surface area is 383 Å². The summed E-state index contributed by atoms with van der Waals surface area (Å²) in [5.41, 5.74) is 18.9. The third kappa shape index (κ3) is 9.23. The lowest BCUT2D eigenvalue weighted by Gasteiger charge is -2.24. The van der Waals surface area contributed by atoms with Gasteiger partial charge in [-0.2, -0.15) is 0 Å². The van der Waals surface area contributed by atoms with Gasteiger partial charge in [-0.15, -0.1) is 0 Å². The first-order valence-electron chi connectivity index (χ1n) is 23.5. The van der Waals surface area contributed by atoms with Crippen LogP contribution in [0.3, 0.4) is 0 Å². The maximum absolute atomic E-state index is 5.41. The number of nitrogens with zero attached hydrogens (tertiary/aromatic N) is 3. The Hall–Kier alpha value is -6.19. The first-order valence-corrected chi connectivity index (χ1v) is 23.5. The van der Waals surface area contributed by atoms with E-state index in [1.54, 1.807) is 0 Å². The Kier molecular flexibility index (Phi) is 12.8. The molecule has 0 spiro atoms. The van der Waals surface area contributed by atoms with Gasteiger partial charge in [-0.05, 0) is 117 Å². The van der Waals surface area contributed by atoms with Gasteiger partial charge in [0, 0.05) is 22.6 Å². The van der Waals surface area contributed by atoms with Crippen molar-refractivity contribution in [3.05, 3.63) is 196 Å². The Balaban J connectivity index is 1.29. The van der Waals surface area contributed by atoms with Crippen LogP contribution >= 0.6 is 0 Å². The summed E-state index contributed by atoms with van der Waals surface area (Å²) in [6.45, 7) is 23.0. The highest BCUT2D eigenvalue weighted by Gasteiger charge is 2.33. The fourth-order valence-corrected chi connectivity index (χ4v) is 9.53. The largest absolute Gasteiger partial charge is 0.208 e. The summed E-state index contributed by atoms with van der Waals surface area (Å²) < 4.78 is 0. The van der Waals surface area contributed by atoms with E-state index < -0.39 is 0 Å². The average molecular weight is 840 g/mol. The molecular formula is C61H65N3. The van der Waals surface area contributed by atoms with Crippen LogP contribution in [0.1, 0.15) is 139 Å². The minimum atomic E-state index is 0.0744. The highest BCUT2D eigenvalue weighted by Crippen LogP contribution is 2.52. The Morgan fingerprint density at radius 3 is 2.11 bits per heavy atom. The van der Waals surface area contributed by atoms with Gasteiger partial charge < -0.3 is 0 Å². The van der Waals surface area contributed by atoms with E-state index in [1.165, 1.54) is 66.8 Å². The van der Waals surface area contributed by atoms with Gasteiger partial charge in [0.2, 0.25) is 0 Å². The predicted molar refractivity (Wildman–Crippen MR) is 273 cm³/mol. The molecular weight excluding hydrogens is 775 g/mol. The number of aryl methyl sites for hydroxylation is 1. The second-order valence-electron chi connectivity index (χ2n) is 19.9. The summed E-state index contributed by atoms with van der Waals surface area (Å²) in [5, 5.41) is 0. The van der Waals surface area contributed by atoms with Crippen molar-refractivity contribution in [3.8, 4) is 45.3 Å². The van der Waals surface area contributed by atoms with E-state index >= 15 is 0 Å². The molecule has 2 unspecified atom stereocenters. The lowest BCUT2D eigenvalue weighted by molar-refractivity contribution is 0.488. The van der Waals surface area contributed by atoms with Crippen molar-refractivity contribution in [2.45, 2.75) is 112 Å². The van der Waals surface area contributed by atoms with Crippen molar-refractivity contribution < 1.29 is 0 Å². The minimum absolute atomic E-state index is 0.0744. The predicted octanol–water partition coefficient (Wildman–Crippen LogP) is 16.9. The zero-order chi connectivity index (χ0) is 45.2. The highest BCUT2D eigenvalue weighted by atomic mass is 15.0. The molecule has 0 radical (unpaired) electrons. The van der Waals surface area contributed by atoms with Crippen molar-refractivity contribution >= 4 is 11.1 Å². The summed E-state index contributed by atoms with van der Waals surface area (Å²) in [4.78, 5) is 15.9. The lowest BCUT2D eigenvalue weighted by Crippen LogP contribution is -2.11. The monoisotopic (exact) mass is 840 g/mol. The smallest absolute Gasteiger partial charge is 0.164 e. The summed E-state index contributed by atoms with van der Waals surface area (Å²) >= 11 is 0. The highest BCUT2D eigenvalue weighted by molar-refractivity contribution is 5.91. The van der Waals surface area contributed by atoms with Gasteiger partial charge in [-0.25, -0.2) is 15.0 Å². The van der Waals surface area contributed by atoms with Crippen LogP contribution in [0.5, 0.6) is 0 Å². The number of hydrogen-bond acceptors (Lipinski definition) is 3. The van der Waals surface area contributed by atoms with Gasteiger partial charge in [0.05, 0.1) is 0 Å². The van der Waals surface area contributed by atoms with Gasteiger partial charge in [0.15, 0.2) is 17.5 Å². The molecule has 1 heterocycles. The lowest BCUT2D eigenvalue weighted by atomic mass is 9.81. The molecule has 2 aliphatic carbocycles. The van der Waals surface area contributed by atoms with Crippen molar-refractivity contribution in [2.75, 3.05) is 0 Å². The molecule has 5 aromatic carbocycles. The maximum atomic E-state index is 5.41. The molecule has 0 N–H and O–H groups in total. The average Bonchev–Trinajstić information content (AvgIpc) is 3.40. The molecule has 64 heavy (non-hydrogen) atoms. The van der Waals surface area contributed by atoms with E-state index in [0.717, 1.165) is 42.4 Å². The number of fused-ring (bicyclic) bond motifs is 3. The van der Waals surface area contributed by atoms with Crippen LogP contribution in [0.25, 0.3) is 56.4 Å². The van der Waals surface area contributed by atoms with Crippen LogP contribution < -0.4 is 0 Å². The molecule has 6 aromatic rings. The van der Waals surface area contributed by atoms with Gasteiger partial charge >= 0.3 is 0 Å². The Morgan fingerprint density at radius 2 is 1.39 bits per heavy atom. The van der Waals surface area contributed by atoms with E-state index in [1.807, 2.05) is 6.07 Å². The van der Waals surface area contributed by atoms with Crippen LogP contribution in [-0.2, 0) is 5.41 Å². The normalized spacial score (nSPS) is 15.7. The molecule has 3 heteroatoms. The summed E-state index contributed by atoms with van der Waals surface area (Å²) in [7, 11) is 0. The molecule has 0 bridgehead atoms. The molecule has 324 valence electrons. The summed E-state index contributed by atoms with van der Waals surface area (Å²) in [6.07, 6.45) is 19.8. The first kappa shape index (κ1) is 44.4. The van der Waals surface area contributed by atoms with Crippen molar-refractivity contribution in [1.82, 2.24) is 15.0 Å². The number of aromatic nitrogens is 3. The van der Waals surface area contributed by atoms with Crippen LogP contribution in [0.4, 0.5) is 0 Å². The van der Waals surface area contributed by atoms with Crippen LogP contribution in [-0.4, -0.2) is 15.0 Å². The standard InChI is InChI=1S/C61H65N3/c1-11-40(3)54-39-45(32-35-49(54)42-23-16-13-14-17-24-42)58-62-57(43-25-18-15-19-26-43)63-59(64-58)53-30-22-29-52-55(50-27-20-21-28-51(50)56(52)53)38-44(31-33-46(12-2)60(5,6)7)48-36-34-47(37-41(48)4)61(8,9)10/h13,15-37,39-40,55H,11-12,14,38H2,1-10H3/b44-31+,46-33+. The van der Waals surface area contributed by atoms with Crippen LogP contribution in [0.2, 0.25) is 0 Å². The third-order valence-corrected chi connectivity index (χ3v) is 13.4. The van der Waals surface area contributed by atoms with E-state index in [9.17, 15) is 0 Å². The third-order valence-electron chi connectivity index (χ3n) is 13.4. The SMILES string of the molecule is CC/C(=C\C=C(/CC1c2ccccc2-c2c(-c3nc(-c4ccccc4)nc(-c4ccc(C5=CC=CCC=C5)c(C(C)CC)c4)n3)cccc21)c1ccc(C(C)(C)C)cc1C)C(C)(C)C. The van der Waals surface area contributed by atoms with Crippen molar-refractivity contribution in [1.29, 1.82) is 0 Å². The topological polar surface area (TPSA) is 38.7 Å². The Bertz CT molecular complexity index is 2830. The van der Waals surface area contributed by atoms with Crippen LogP contribution in [0.15, 0.2) is 157 Å². The minimum Gasteiger partial charge on any atom is -0.208 e. The molecule has 8 rings (SSSR count). The summed E-state index contributed by atoms with van der Waals surface area (Å²) in [5.74, 6) is 2.55. The first-order chi connectivity index (χ1) is 30.7. The zero-order valence-corrected chi connectivity index (χ0v) is 39.8. The van der Waals surface area contributed by atoms with E-state index in [-0.39, 0.29) is 16.7 Å². The number of benzene rings is 5. The summed E-state index contributed by atoms with van der Waals surface area (Å²) in [6, 6.07) is 40.0. The van der Waals surface area contributed by atoms with E-state index in [0.29, 0.717) is 23.4 Å². The van der Waals surface area contributed by atoms with E-state index in [2.05, 4.69) is 215 Å². The number of allylic oxidation sites excluding steroid dienone is 10. The molecule has 1 aromatic heterocycles. The number of hydrogen-bond donors (Lipinski definition) is 0. The maximum Gasteiger partial charge on any atom is 0.164 e. The van der Waals surface area contributed by atoms with E-state index in [4.69, 9.17) is 15.0 Å². The quantitative estimate of drug-likeness (QED) is 0.122. The molecule has 0 saturated carbocycles. The molecule has 2 aliphatic rings. The molecule has 0 amide bonds. The number of rotatable bonds is 11. The zero-order valence-electron chi connectivity index (χ0n) is 39.8. The molecule has 0 saturated heterocycles.